The fourth-order valence-corrected chi connectivity index (χ4v) is 5.50. The lowest BCUT2D eigenvalue weighted by Crippen LogP contribution is -2.47. The second-order valence-corrected chi connectivity index (χ2v) is 14.6. The molecule has 6 nitrogen and oxygen atoms in total. The van der Waals surface area contributed by atoms with Crippen molar-refractivity contribution in [3.8, 4) is 0 Å². The van der Waals surface area contributed by atoms with Crippen molar-refractivity contribution < 1.29 is 28.5 Å². The van der Waals surface area contributed by atoms with E-state index in [1.54, 1.807) is 6.92 Å². The predicted molar refractivity (Wildman–Crippen MR) is 104 cm³/mol. The largest absolute Gasteiger partial charge is 0.463 e. The van der Waals surface area contributed by atoms with Gasteiger partial charge >= 0.3 is 5.97 Å². The molecule has 7 heteroatoms. The summed E-state index contributed by atoms with van der Waals surface area (Å²) in [6.07, 6.45) is -0.0599. The molecule has 27 heavy (non-hydrogen) atoms. The van der Waals surface area contributed by atoms with E-state index in [4.69, 9.17) is 18.6 Å². The zero-order valence-corrected chi connectivity index (χ0v) is 18.7. The van der Waals surface area contributed by atoms with E-state index in [1.807, 2.05) is 19.9 Å². The number of hydrogen-bond acceptors (Lipinski definition) is 6. The molecule has 0 amide bonds. The summed E-state index contributed by atoms with van der Waals surface area (Å²) in [5.41, 5.74) is 0.554. The Balaban J connectivity index is 1.94. The van der Waals surface area contributed by atoms with E-state index in [0.29, 0.717) is 12.2 Å². The van der Waals surface area contributed by atoms with Gasteiger partial charge in [0.1, 0.15) is 6.10 Å². The molecule has 154 valence electrons. The first kappa shape index (κ1) is 21.0. The molecular formula is C20H34O6Si. The van der Waals surface area contributed by atoms with E-state index in [1.165, 1.54) is 0 Å². The SMILES string of the molecule is CCOC(=O)C1=C[C@H](O[Si](C)(C)C(C)(C)C)[C@@H]2[C@H](O)[C@H]3OC(C)(C)O[C@H]3[C@H]12. The minimum absolute atomic E-state index is 0.0252. The normalized spacial score (nSPS) is 37.7. The Morgan fingerprint density at radius 3 is 2.41 bits per heavy atom. The standard InChI is InChI=1S/C20H34O6Si/c1-9-23-18(22)11-10-12(26-27(7,8)19(2,3)4)14-13(11)16-17(15(14)21)25-20(5,6)24-16/h10,12-17,21H,9H2,1-8H3/t12-,13+,14-,15-,16-,17+/m0/s1. The van der Waals surface area contributed by atoms with Crippen molar-refractivity contribution >= 4 is 14.3 Å². The smallest absolute Gasteiger partial charge is 0.334 e. The van der Waals surface area contributed by atoms with Crippen LogP contribution in [0.1, 0.15) is 41.5 Å². The van der Waals surface area contributed by atoms with Crippen LogP contribution >= 0.6 is 0 Å². The van der Waals surface area contributed by atoms with Gasteiger partial charge in [-0.3, -0.25) is 0 Å². The molecule has 0 spiro atoms. The van der Waals surface area contributed by atoms with Gasteiger partial charge in [-0.2, -0.15) is 0 Å². The molecule has 0 aromatic carbocycles. The van der Waals surface area contributed by atoms with Gasteiger partial charge in [0.2, 0.25) is 0 Å². The first-order chi connectivity index (χ1) is 12.3. The predicted octanol–water partition coefficient (Wildman–Crippen LogP) is 3.01. The van der Waals surface area contributed by atoms with Gasteiger partial charge in [-0.05, 0) is 45.0 Å². The molecule has 0 unspecified atom stereocenters. The third kappa shape index (κ3) is 3.53. The molecule has 0 bridgehead atoms. The molecule has 3 aliphatic rings. The van der Waals surface area contributed by atoms with Crippen molar-refractivity contribution in [1.82, 2.24) is 0 Å². The third-order valence-electron chi connectivity index (χ3n) is 6.49. The zero-order valence-electron chi connectivity index (χ0n) is 17.7. The van der Waals surface area contributed by atoms with Gasteiger partial charge in [-0.1, -0.05) is 20.8 Å². The number of carbonyl (C=O) groups excluding carboxylic acids is 1. The van der Waals surface area contributed by atoms with E-state index in [9.17, 15) is 9.90 Å². The van der Waals surface area contributed by atoms with Gasteiger partial charge in [-0.15, -0.1) is 0 Å². The van der Waals surface area contributed by atoms with Crippen molar-refractivity contribution in [3.63, 3.8) is 0 Å². The van der Waals surface area contributed by atoms with Crippen LogP contribution in [-0.4, -0.2) is 56.2 Å². The fourth-order valence-electron chi connectivity index (χ4n) is 4.24. The number of esters is 1. The van der Waals surface area contributed by atoms with Crippen LogP contribution in [0.25, 0.3) is 0 Å². The molecule has 2 fully saturated rings. The Kier molecular flexibility index (Phi) is 5.18. The second-order valence-electron chi connectivity index (χ2n) is 9.84. The van der Waals surface area contributed by atoms with Crippen molar-refractivity contribution in [2.24, 2.45) is 11.8 Å². The molecule has 1 saturated heterocycles. The summed E-state index contributed by atoms with van der Waals surface area (Å²) in [6, 6.07) is 0. The van der Waals surface area contributed by atoms with Gasteiger partial charge in [0.05, 0.1) is 24.9 Å². The van der Waals surface area contributed by atoms with Crippen LogP contribution in [-0.2, 0) is 23.4 Å². The van der Waals surface area contributed by atoms with Crippen molar-refractivity contribution in [1.29, 1.82) is 0 Å². The minimum Gasteiger partial charge on any atom is -0.463 e. The Labute approximate surface area is 163 Å². The maximum absolute atomic E-state index is 12.6. The molecule has 2 aliphatic carbocycles. The topological polar surface area (TPSA) is 74.2 Å². The average Bonchev–Trinajstić information content (AvgIpc) is 3.09. The minimum atomic E-state index is -2.10. The number of aliphatic hydroxyl groups is 1. The van der Waals surface area contributed by atoms with Crippen LogP contribution in [0, 0.1) is 11.8 Å². The number of aliphatic hydroxyl groups excluding tert-OH is 1. The van der Waals surface area contributed by atoms with E-state index in [-0.39, 0.29) is 35.1 Å². The monoisotopic (exact) mass is 398 g/mol. The van der Waals surface area contributed by atoms with Crippen LogP contribution in [0.2, 0.25) is 18.1 Å². The number of carbonyl (C=O) groups is 1. The van der Waals surface area contributed by atoms with Gasteiger partial charge in [-0.25, -0.2) is 4.79 Å². The lowest BCUT2D eigenvalue weighted by molar-refractivity contribution is -0.175. The Bertz CT molecular complexity index is 635. The van der Waals surface area contributed by atoms with E-state index in [2.05, 4.69) is 33.9 Å². The number of fused-ring (bicyclic) bond motifs is 3. The summed E-state index contributed by atoms with van der Waals surface area (Å²) in [6.45, 7) is 16.6. The summed E-state index contributed by atoms with van der Waals surface area (Å²) in [4.78, 5) is 12.6. The van der Waals surface area contributed by atoms with Crippen molar-refractivity contribution in [2.45, 2.75) is 89.9 Å². The number of rotatable bonds is 4. The summed E-state index contributed by atoms with van der Waals surface area (Å²) in [7, 11) is -2.10. The molecule has 6 atom stereocenters. The van der Waals surface area contributed by atoms with Crippen molar-refractivity contribution in [2.75, 3.05) is 6.61 Å². The molecular weight excluding hydrogens is 364 g/mol. The quantitative estimate of drug-likeness (QED) is 0.580. The van der Waals surface area contributed by atoms with E-state index >= 15 is 0 Å². The molecule has 0 aromatic rings. The summed E-state index contributed by atoms with van der Waals surface area (Å²) in [5.74, 6) is -1.67. The highest BCUT2D eigenvalue weighted by molar-refractivity contribution is 6.74. The Morgan fingerprint density at radius 1 is 1.26 bits per heavy atom. The molecule has 3 rings (SSSR count). The van der Waals surface area contributed by atoms with Crippen LogP contribution < -0.4 is 0 Å². The molecule has 1 saturated carbocycles. The molecule has 1 heterocycles. The zero-order chi connectivity index (χ0) is 20.4. The van der Waals surface area contributed by atoms with Gasteiger partial charge in [0, 0.05) is 17.4 Å². The van der Waals surface area contributed by atoms with Gasteiger partial charge < -0.3 is 23.7 Å². The maximum atomic E-state index is 12.6. The van der Waals surface area contributed by atoms with Crippen LogP contribution in [0.15, 0.2) is 11.6 Å². The first-order valence-electron chi connectivity index (χ1n) is 9.89. The lowest BCUT2D eigenvalue weighted by Gasteiger charge is -2.40. The molecule has 0 aromatic heterocycles. The second kappa shape index (κ2) is 6.66. The van der Waals surface area contributed by atoms with Crippen LogP contribution in [0.3, 0.4) is 0 Å². The number of ether oxygens (including phenoxy) is 3. The third-order valence-corrected chi connectivity index (χ3v) is 11.0. The highest BCUT2D eigenvalue weighted by atomic mass is 28.4. The average molecular weight is 399 g/mol. The maximum Gasteiger partial charge on any atom is 0.334 e. The van der Waals surface area contributed by atoms with Crippen LogP contribution in [0.4, 0.5) is 0 Å². The Morgan fingerprint density at radius 2 is 1.85 bits per heavy atom. The van der Waals surface area contributed by atoms with E-state index in [0.717, 1.165) is 0 Å². The van der Waals surface area contributed by atoms with Gasteiger partial charge in [0.15, 0.2) is 14.1 Å². The molecule has 1 N–H and O–H groups in total. The summed E-state index contributed by atoms with van der Waals surface area (Å²) in [5, 5.41) is 11.1. The number of hydrogen-bond donors (Lipinski definition) is 1. The summed E-state index contributed by atoms with van der Waals surface area (Å²) >= 11 is 0. The van der Waals surface area contributed by atoms with Gasteiger partial charge in [0.25, 0.3) is 0 Å². The van der Waals surface area contributed by atoms with E-state index < -0.39 is 26.3 Å². The van der Waals surface area contributed by atoms with Crippen molar-refractivity contribution in [3.05, 3.63) is 11.6 Å². The summed E-state index contributed by atoms with van der Waals surface area (Å²) < 4.78 is 23.9. The fraction of sp³-hybridized carbons (Fsp3) is 0.850. The molecule has 0 radical (unpaired) electrons. The van der Waals surface area contributed by atoms with Crippen LogP contribution in [0.5, 0.6) is 0 Å². The Hall–Kier alpha value is -0.733. The first-order valence-corrected chi connectivity index (χ1v) is 12.8. The highest BCUT2D eigenvalue weighted by Gasteiger charge is 2.64. The lowest BCUT2D eigenvalue weighted by atomic mass is 9.91. The molecule has 1 aliphatic heterocycles. The highest BCUT2D eigenvalue weighted by Crippen LogP contribution is 2.54.